The zero-order valence-electron chi connectivity index (χ0n) is 16.2. The van der Waals surface area contributed by atoms with E-state index < -0.39 is 0 Å². The van der Waals surface area contributed by atoms with Crippen LogP contribution in [-0.2, 0) is 5.41 Å². The Labute approximate surface area is 175 Å². The number of benzene rings is 1. The lowest BCUT2D eigenvalue weighted by Gasteiger charge is -2.23. The highest BCUT2D eigenvalue weighted by Gasteiger charge is 2.25. The molecule has 1 aliphatic heterocycles. The molecular weight excluding hydrogens is 401 g/mol. The zero-order valence-corrected chi connectivity index (χ0v) is 18.5. The Balaban J connectivity index is 1.79. The third-order valence-electron chi connectivity index (χ3n) is 4.52. The molecule has 1 aliphatic rings. The van der Waals surface area contributed by atoms with Gasteiger partial charge in [-0.15, -0.1) is 0 Å². The number of rotatable bonds is 4. The highest BCUT2D eigenvalue weighted by atomic mass is 35.5. The van der Waals surface area contributed by atoms with E-state index in [1.54, 1.807) is 6.07 Å². The Bertz CT molecular complexity index is 836. The van der Waals surface area contributed by atoms with E-state index in [4.69, 9.17) is 27.9 Å². The van der Waals surface area contributed by atoms with E-state index in [1.807, 2.05) is 19.3 Å². The van der Waals surface area contributed by atoms with Crippen LogP contribution in [0.5, 0.6) is 10.8 Å². The maximum atomic E-state index is 6.48. The van der Waals surface area contributed by atoms with Gasteiger partial charge >= 0.3 is 0 Å². The Morgan fingerprint density at radius 1 is 1.19 bits per heavy atom. The van der Waals surface area contributed by atoms with Gasteiger partial charge in [0.25, 0.3) is 0 Å². The average Bonchev–Trinajstić information content (AvgIpc) is 2.98. The van der Waals surface area contributed by atoms with Gasteiger partial charge in [0.1, 0.15) is 10.8 Å². The standard InChI is InChI=1S/C20H25Cl2N3OS/c1-13-10-15(23-12-25-8-6-5-7-9-25)14(21)11-16(13)26-19-17(22)18(24-27-19)20(2,3)4/h10-12H,5-9H2,1-4H3/b23-12+. The lowest BCUT2D eigenvalue weighted by Crippen LogP contribution is -2.27. The van der Waals surface area contributed by atoms with Gasteiger partial charge in [0.15, 0.2) is 0 Å². The number of hydrogen-bond donors (Lipinski definition) is 0. The molecule has 1 fully saturated rings. The monoisotopic (exact) mass is 425 g/mol. The van der Waals surface area contributed by atoms with E-state index in [2.05, 4.69) is 35.0 Å². The van der Waals surface area contributed by atoms with Gasteiger partial charge in [-0.2, -0.15) is 4.37 Å². The highest BCUT2D eigenvalue weighted by molar-refractivity contribution is 7.08. The summed E-state index contributed by atoms with van der Waals surface area (Å²) in [5.41, 5.74) is 2.41. The van der Waals surface area contributed by atoms with Crippen LogP contribution in [0.25, 0.3) is 0 Å². The second-order valence-corrected chi connectivity index (χ2v) is 9.42. The van der Waals surface area contributed by atoms with Crippen molar-refractivity contribution in [1.82, 2.24) is 9.27 Å². The SMILES string of the molecule is Cc1cc(/N=C/N2CCCCC2)c(Cl)cc1Oc1snc(C(C)(C)C)c1Cl. The lowest BCUT2D eigenvalue weighted by molar-refractivity contribution is 0.351. The topological polar surface area (TPSA) is 37.7 Å². The molecular formula is C20H25Cl2N3OS. The Hall–Kier alpha value is -1.30. The van der Waals surface area contributed by atoms with Crippen molar-refractivity contribution in [3.8, 4) is 10.8 Å². The van der Waals surface area contributed by atoms with Crippen LogP contribution >= 0.6 is 34.7 Å². The summed E-state index contributed by atoms with van der Waals surface area (Å²) < 4.78 is 10.5. The van der Waals surface area contributed by atoms with E-state index >= 15 is 0 Å². The van der Waals surface area contributed by atoms with Crippen molar-refractivity contribution in [1.29, 1.82) is 0 Å². The van der Waals surface area contributed by atoms with Crippen LogP contribution in [0.15, 0.2) is 17.1 Å². The summed E-state index contributed by atoms with van der Waals surface area (Å²) in [5, 5.41) is 1.71. The van der Waals surface area contributed by atoms with E-state index in [0.717, 1.165) is 30.0 Å². The van der Waals surface area contributed by atoms with Crippen molar-refractivity contribution in [2.24, 2.45) is 4.99 Å². The normalized spacial score (nSPS) is 15.6. The smallest absolute Gasteiger partial charge is 0.219 e. The fraction of sp³-hybridized carbons (Fsp3) is 0.500. The second-order valence-electron chi connectivity index (χ2n) is 7.89. The van der Waals surface area contributed by atoms with Crippen molar-refractivity contribution >= 4 is 46.8 Å². The summed E-state index contributed by atoms with van der Waals surface area (Å²) in [5.74, 6) is 0.669. The molecule has 7 heteroatoms. The summed E-state index contributed by atoms with van der Waals surface area (Å²) in [6, 6.07) is 3.74. The van der Waals surface area contributed by atoms with E-state index in [9.17, 15) is 0 Å². The summed E-state index contributed by atoms with van der Waals surface area (Å²) in [7, 11) is 0. The Morgan fingerprint density at radius 2 is 1.89 bits per heavy atom. The van der Waals surface area contributed by atoms with E-state index in [0.29, 0.717) is 20.9 Å². The number of halogens is 2. The number of piperidine rings is 1. The van der Waals surface area contributed by atoms with Crippen molar-refractivity contribution in [2.75, 3.05) is 13.1 Å². The van der Waals surface area contributed by atoms with Crippen LogP contribution in [0.2, 0.25) is 10.0 Å². The summed E-state index contributed by atoms with van der Waals surface area (Å²) in [6.07, 6.45) is 5.64. The summed E-state index contributed by atoms with van der Waals surface area (Å²) >= 11 is 14.2. The first-order valence-corrected chi connectivity index (χ1v) is 10.7. The number of aliphatic imine (C=N–C) groups is 1. The van der Waals surface area contributed by atoms with Gasteiger partial charge in [-0.1, -0.05) is 44.0 Å². The van der Waals surface area contributed by atoms with E-state index in [-0.39, 0.29) is 5.41 Å². The third-order valence-corrected chi connectivity index (χ3v) is 6.01. The Kier molecular flexibility index (Phi) is 6.34. The fourth-order valence-corrected chi connectivity index (χ4v) is 4.49. The first-order valence-electron chi connectivity index (χ1n) is 9.17. The fourth-order valence-electron chi connectivity index (χ4n) is 2.93. The van der Waals surface area contributed by atoms with Crippen LogP contribution in [0.3, 0.4) is 0 Å². The molecule has 27 heavy (non-hydrogen) atoms. The zero-order chi connectivity index (χ0) is 19.6. The predicted molar refractivity (Wildman–Crippen MR) is 116 cm³/mol. The van der Waals surface area contributed by atoms with Crippen LogP contribution in [0.4, 0.5) is 5.69 Å². The van der Waals surface area contributed by atoms with Crippen molar-refractivity contribution in [2.45, 2.75) is 52.4 Å². The van der Waals surface area contributed by atoms with Crippen LogP contribution in [0.1, 0.15) is 51.3 Å². The molecule has 0 bridgehead atoms. The van der Waals surface area contributed by atoms with Crippen molar-refractivity contribution < 1.29 is 4.74 Å². The quantitative estimate of drug-likeness (QED) is 0.390. The summed E-state index contributed by atoms with van der Waals surface area (Å²) in [6.45, 7) is 10.3. The number of aromatic nitrogens is 1. The minimum Gasteiger partial charge on any atom is -0.443 e. The molecule has 1 aromatic carbocycles. The molecule has 0 radical (unpaired) electrons. The molecule has 0 spiro atoms. The van der Waals surface area contributed by atoms with Gasteiger partial charge in [-0.3, -0.25) is 0 Å². The number of aryl methyl sites for hydroxylation is 1. The minimum absolute atomic E-state index is 0.130. The second kappa shape index (κ2) is 8.38. The first-order chi connectivity index (χ1) is 12.8. The molecule has 1 aromatic heterocycles. The van der Waals surface area contributed by atoms with Crippen LogP contribution in [-0.4, -0.2) is 28.7 Å². The molecule has 0 saturated carbocycles. The molecule has 2 heterocycles. The molecule has 0 amide bonds. The molecule has 2 aromatic rings. The van der Waals surface area contributed by atoms with Gasteiger partial charge < -0.3 is 9.64 Å². The highest BCUT2D eigenvalue weighted by Crippen LogP contribution is 2.42. The Morgan fingerprint density at radius 3 is 2.52 bits per heavy atom. The number of nitrogens with zero attached hydrogens (tertiary/aromatic N) is 3. The maximum absolute atomic E-state index is 6.48. The predicted octanol–water partition coefficient (Wildman–Crippen LogP) is 6.99. The molecule has 0 atom stereocenters. The average molecular weight is 426 g/mol. The van der Waals surface area contributed by atoms with Gasteiger partial charge in [0.05, 0.1) is 22.7 Å². The molecule has 3 rings (SSSR count). The molecule has 0 N–H and O–H groups in total. The van der Waals surface area contributed by atoms with Crippen LogP contribution in [0, 0.1) is 6.92 Å². The third kappa shape index (κ3) is 4.95. The summed E-state index contributed by atoms with van der Waals surface area (Å²) in [4.78, 5) is 6.81. The van der Waals surface area contributed by atoms with Crippen molar-refractivity contribution in [3.63, 3.8) is 0 Å². The number of hydrogen-bond acceptors (Lipinski definition) is 4. The lowest BCUT2D eigenvalue weighted by atomic mass is 9.92. The number of ether oxygens (including phenoxy) is 1. The van der Waals surface area contributed by atoms with E-state index in [1.165, 1.54) is 30.8 Å². The van der Waals surface area contributed by atoms with Crippen molar-refractivity contribution in [3.05, 3.63) is 33.4 Å². The number of likely N-dealkylation sites (tertiary alicyclic amines) is 1. The van der Waals surface area contributed by atoms with Gasteiger partial charge in [-0.05, 0) is 37.8 Å². The molecule has 0 aliphatic carbocycles. The molecule has 1 saturated heterocycles. The van der Waals surface area contributed by atoms with Gasteiger partial charge in [0, 0.05) is 36.1 Å². The van der Waals surface area contributed by atoms with Crippen LogP contribution < -0.4 is 4.74 Å². The van der Waals surface area contributed by atoms with Gasteiger partial charge in [0.2, 0.25) is 5.06 Å². The first kappa shape index (κ1) is 20.4. The minimum atomic E-state index is -0.130. The van der Waals surface area contributed by atoms with Gasteiger partial charge in [-0.25, -0.2) is 4.99 Å². The maximum Gasteiger partial charge on any atom is 0.219 e. The molecule has 0 unspecified atom stereocenters. The largest absolute Gasteiger partial charge is 0.443 e. The molecule has 4 nitrogen and oxygen atoms in total. The molecule has 146 valence electrons.